The first kappa shape index (κ1) is 22.4. The lowest BCUT2D eigenvalue weighted by molar-refractivity contribution is -0.119. The molecule has 34 heavy (non-hydrogen) atoms. The van der Waals surface area contributed by atoms with Crippen LogP contribution in [0.3, 0.4) is 0 Å². The summed E-state index contributed by atoms with van der Waals surface area (Å²) in [5.41, 5.74) is 4.76. The molecule has 1 aliphatic heterocycles. The molecule has 0 radical (unpaired) electrons. The van der Waals surface area contributed by atoms with Crippen LogP contribution in [0, 0.1) is 11.8 Å². The Morgan fingerprint density at radius 2 is 1.94 bits per heavy atom. The maximum Gasteiger partial charge on any atom is 0.254 e. The van der Waals surface area contributed by atoms with E-state index in [-0.39, 0.29) is 11.8 Å². The fraction of sp³-hybridized carbons (Fsp3) is 0.393. The topological polar surface area (TPSA) is 75.4 Å². The van der Waals surface area contributed by atoms with Crippen LogP contribution in [0.15, 0.2) is 47.1 Å². The van der Waals surface area contributed by atoms with Gasteiger partial charge in [-0.25, -0.2) is 4.98 Å². The number of amides is 2. The number of rotatable bonds is 4. The molecule has 176 valence electrons. The molecule has 1 atom stereocenters. The predicted molar refractivity (Wildman–Crippen MR) is 133 cm³/mol. The third-order valence-electron chi connectivity index (χ3n) is 7.03. The lowest BCUT2D eigenvalue weighted by atomic mass is 9.80. The van der Waals surface area contributed by atoms with E-state index in [4.69, 9.17) is 9.40 Å². The molecule has 0 saturated carbocycles. The molecular weight excluding hydrogens is 426 g/mol. The van der Waals surface area contributed by atoms with E-state index in [0.717, 1.165) is 64.7 Å². The Balaban J connectivity index is 1.52. The van der Waals surface area contributed by atoms with Gasteiger partial charge in [-0.3, -0.25) is 9.59 Å². The number of carbonyl (C=O) groups is 2. The van der Waals surface area contributed by atoms with Crippen LogP contribution in [-0.2, 0) is 11.2 Å². The molecule has 3 heterocycles. The molecule has 5 rings (SSSR count). The van der Waals surface area contributed by atoms with Crippen LogP contribution < -0.4 is 5.32 Å². The molecule has 0 bridgehead atoms. The highest BCUT2D eigenvalue weighted by Gasteiger charge is 2.31. The van der Waals surface area contributed by atoms with Crippen LogP contribution in [0.4, 0.5) is 0 Å². The zero-order valence-corrected chi connectivity index (χ0v) is 19.8. The Kier molecular flexibility index (Phi) is 6.22. The number of hydrogen-bond acceptors (Lipinski definition) is 4. The van der Waals surface area contributed by atoms with Gasteiger partial charge >= 0.3 is 0 Å². The Bertz CT molecular complexity index is 1240. The van der Waals surface area contributed by atoms with E-state index < -0.39 is 0 Å². The number of benzene rings is 1. The second-order valence-corrected chi connectivity index (χ2v) is 9.70. The summed E-state index contributed by atoms with van der Waals surface area (Å²) in [6.45, 7) is 5.88. The largest absolute Gasteiger partial charge is 0.465 e. The van der Waals surface area contributed by atoms with Crippen LogP contribution in [-0.4, -0.2) is 41.3 Å². The molecule has 1 saturated heterocycles. The van der Waals surface area contributed by atoms with Gasteiger partial charge in [0.1, 0.15) is 5.76 Å². The van der Waals surface area contributed by atoms with Crippen LogP contribution in [0.2, 0.25) is 0 Å². The Morgan fingerprint density at radius 1 is 1.15 bits per heavy atom. The summed E-state index contributed by atoms with van der Waals surface area (Å²) in [6.07, 6.45) is 7.29. The van der Waals surface area contributed by atoms with Gasteiger partial charge in [-0.1, -0.05) is 25.1 Å². The number of fused-ring (bicyclic) bond motifs is 2. The van der Waals surface area contributed by atoms with Crippen molar-refractivity contribution >= 4 is 34.4 Å². The van der Waals surface area contributed by atoms with Crippen molar-refractivity contribution in [3.8, 4) is 0 Å². The number of likely N-dealkylation sites (tertiary alicyclic amines) is 1. The summed E-state index contributed by atoms with van der Waals surface area (Å²) in [7, 11) is 0. The second kappa shape index (κ2) is 9.45. The summed E-state index contributed by atoms with van der Waals surface area (Å²) < 4.78 is 5.59. The minimum atomic E-state index is 0.000849. The molecular formula is C28H31N3O3. The molecule has 1 aromatic carbocycles. The number of nitrogens with zero attached hydrogens (tertiary/aromatic N) is 2. The number of furan rings is 1. The number of aromatic nitrogens is 1. The highest BCUT2D eigenvalue weighted by Crippen LogP contribution is 2.39. The SMILES string of the molecule is CC(=O)NCC1CCN(C(=O)c2c3c(nc4ccccc24)C(=Cc2ccco2)CC(C)C3)CC1. The number of piperidine rings is 1. The van der Waals surface area contributed by atoms with Crippen molar-refractivity contribution in [2.75, 3.05) is 19.6 Å². The fourth-order valence-electron chi connectivity index (χ4n) is 5.31. The zero-order chi connectivity index (χ0) is 23.7. The fourth-order valence-corrected chi connectivity index (χ4v) is 5.31. The second-order valence-electron chi connectivity index (χ2n) is 9.70. The number of carbonyl (C=O) groups excluding carboxylic acids is 2. The predicted octanol–water partition coefficient (Wildman–Crippen LogP) is 4.94. The first-order valence-electron chi connectivity index (χ1n) is 12.2. The lowest BCUT2D eigenvalue weighted by Gasteiger charge is -2.34. The number of allylic oxidation sites excluding steroid dienone is 1. The summed E-state index contributed by atoms with van der Waals surface area (Å²) in [5.74, 6) is 1.73. The summed E-state index contributed by atoms with van der Waals surface area (Å²) in [4.78, 5) is 32.3. The van der Waals surface area contributed by atoms with Crippen molar-refractivity contribution in [1.82, 2.24) is 15.2 Å². The Hall–Kier alpha value is -3.41. The first-order chi connectivity index (χ1) is 16.5. The maximum atomic E-state index is 14.0. The smallest absolute Gasteiger partial charge is 0.254 e. The molecule has 2 aliphatic rings. The number of para-hydroxylation sites is 1. The third kappa shape index (κ3) is 4.49. The summed E-state index contributed by atoms with van der Waals surface area (Å²) in [5, 5.41) is 3.85. The van der Waals surface area contributed by atoms with E-state index in [9.17, 15) is 9.59 Å². The molecule has 6 nitrogen and oxygen atoms in total. The number of pyridine rings is 1. The van der Waals surface area contributed by atoms with Crippen molar-refractivity contribution in [3.05, 3.63) is 65.2 Å². The van der Waals surface area contributed by atoms with Gasteiger partial charge in [0, 0.05) is 31.9 Å². The van der Waals surface area contributed by atoms with Crippen LogP contribution in [0.25, 0.3) is 22.6 Å². The van der Waals surface area contributed by atoms with E-state index in [0.29, 0.717) is 31.5 Å². The van der Waals surface area contributed by atoms with Crippen LogP contribution in [0.1, 0.15) is 60.5 Å². The van der Waals surface area contributed by atoms with Crippen molar-refractivity contribution in [2.24, 2.45) is 11.8 Å². The van der Waals surface area contributed by atoms with Crippen molar-refractivity contribution < 1.29 is 14.0 Å². The Morgan fingerprint density at radius 3 is 2.68 bits per heavy atom. The maximum absolute atomic E-state index is 14.0. The van der Waals surface area contributed by atoms with Gasteiger partial charge in [-0.15, -0.1) is 0 Å². The van der Waals surface area contributed by atoms with Crippen LogP contribution >= 0.6 is 0 Å². The minimum absolute atomic E-state index is 0.000849. The normalized spacial score (nSPS) is 19.9. The number of hydrogen-bond donors (Lipinski definition) is 1. The minimum Gasteiger partial charge on any atom is -0.465 e. The van der Waals surface area contributed by atoms with Crippen LogP contribution in [0.5, 0.6) is 0 Å². The van der Waals surface area contributed by atoms with E-state index in [1.165, 1.54) is 0 Å². The summed E-state index contributed by atoms with van der Waals surface area (Å²) >= 11 is 0. The summed E-state index contributed by atoms with van der Waals surface area (Å²) in [6, 6.07) is 11.8. The van der Waals surface area contributed by atoms with E-state index in [1.54, 1.807) is 13.2 Å². The molecule has 0 spiro atoms. The van der Waals surface area contributed by atoms with E-state index >= 15 is 0 Å². The monoisotopic (exact) mass is 457 g/mol. The van der Waals surface area contributed by atoms with E-state index in [1.807, 2.05) is 41.3 Å². The van der Waals surface area contributed by atoms with Gasteiger partial charge in [-0.05, 0) is 72.9 Å². The third-order valence-corrected chi connectivity index (χ3v) is 7.03. The van der Waals surface area contributed by atoms with Crippen molar-refractivity contribution in [3.63, 3.8) is 0 Å². The molecule has 1 aliphatic carbocycles. The van der Waals surface area contributed by atoms with Gasteiger partial charge in [0.25, 0.3) is 5.91 Å². The molecule has 6 heteroatoms. The number of nitrogens with one attached hydrogen (secondary N) is 1. The standard InChI is InChI=1S/C28H31N3O3/c1-18-14-21(16-22-6-5-13-34-22)27-24(15-18)26(23-7-3-4-8-25(23)30-27)28(33)31-11-9-20(10-12-31)17-29-19(2)32/h3-8,13,16,18,20H,9-12,14-15,17H2,1-2H3,(H,29,32). The molecule has 2 aromatic heterocycles. The lowest BCUT2D eigenvalue weighted by Crippen LogP contribution is -2.42. The zero-order valence-electron chi connectivity index (χ0n) is 19.8. The molecule has 1 N–H and O–H groups in total. The quantitative estimate of drug-likeness (QED) is 0.602. The van der Waals surface area contributed by atoms with E-state index in [2.05, 4.69) is 18.3 Å². The van der Waals surface area contributed by atoms with Gasteiger partial charge in [0.05, 0.1) is 23.0 Å². The molecule has 1 unspecified atom stereocenters. The highest BCUT2D eigenvalue weighted by molar-refractivity contribution is 6.09. The molecule has 1 fully saturated rings. The van der Waals surface area contributed by atoms with Gasteiger partial charge in [0.15, 0.2) is 0 Å². The van der Waals surface area contributed by atoms with Gasteiger partial charge in [-0.2, -0.15) is 0 Å². The van der Waals surface area contributed by atoms with Gasteiger partial charge in [0.2, 0.25) is 5.91 Å². The first-order valence-corrected chi connectivity index (χ1v) is 12.2. The highest BCUT2D eigenvalue weighted by atomic mass is 16.3. The molecule has 2 amide bonds. The average molecular weight is 458 g/mol. The van der Waals surface area contributed by atoms with Crippen molar-refractivity contribution in [2.45, 2.75) is 39.5 Å². The molecule has 3 aromatic rings. The Labute approximate surface area is 200 Å². The van der Waals surface area contributed by atoms with Gasteiger partial charge < -0.3 is 14.6 Å². The van der Waals surface area contributed by atoms with Crippen molar-refractivity contribution in [1.29, 1.82) is 0 Å². The average Bonchev–Trinajstić information content (AvgIpc) is 3.34.